The number of amides is 1. The van der Waals surface area contributed by atoms with Gasteiger partial charge in [-0.3, -0.25) is 10.1 Å². The molecule has 8 heteroatoms. The van der Waals surface area contributed by atoms with Crippen molar-refractivity contribution < 1.29 is 18.7 Å². The van der Waals surface area contributed by atoms with Gasteiger partial charge in [-0.15, -0.1) is 16.4 Å². The minimum Gasteiger partial charge on any atom is -0.496 e. The molecule has 3 rings (SSSR count). The highest BCUT2D eigenvalue weighted by Crippen LogP contribution is 2.29. The van der Waals surface area contributed by atoms with E-state index in [1.807, 2.05) is 17.5 Å². The second kappa shape index (κ2) is 6.49. The van der Waals surface area contributed by atoms with Crippen molar-refractivity contribution in [2.45, 2.75) is 0 Å². The third kappa shape index (κ3) is 3.02. The highest BCUT2D eigenvalue weighted by molar-refractivity contribution is 7.13. The van der Waals surface area contributed by atoms with Crippen LogP contribution in [0.25, 0.3) is 10.8 Å². The van der Waals surface area contributed by atoms with Gasteiger partial charge in [-0.25, -0.2) is 0 Å². The zero-order valence-corrected chi connectivity index (χ0v) is 13.2. The lowest BCUT2D eigenvalue weighted by molar-refractivity contribution is 0.101. The molecule has 0 aliphatic heterocycles. The van der Waals surface area contributed by atoms with Gasteiger partial charge in [0.2, 0.25) is 0 Å². The summed E-state index contributed by atoms with van der Waals surface area (Å²) >= 11 is 1.47. The van der Waals surface area contributed by atoms with Crippen LogP contribution in [0.15, 0.2) is 40.1 Å². The molecule has 7 nitrogen and oxygen atoms in total. The van der Waals surface area contributed by atoms with E-state index in [-0.39, 0.29) is 11.6 Å². The highest BCUT2D eigenvalue weighted by atomic mass is 32.1. The Bertz CT molecular complexity index is 792. The summed E-state index contributed by atoms with van der Waals surface area (Å²) in [6.07, 6.45) is 0. The summed E-state index contributed by atoms with van der Waals surface area (Å²) in [4.78, 5) is 13.3. The number of anilines is 1. The minimum absolute atomic E-state index is 0.00589. The fraction of sp³-hybridized carbons (Fsp3) is 0.133. The summed E-state index contributed by atoms with van der Waals surface area (Å²) in [5.74, 6) is 0.669. The normalized spacial score (nSPS) is 10.3. The van der Waals surface area contributed by atoms with E-state index in [9.17, 15) is 4.79 Å². The first-order chi connectivity index (χ1) is 11.2. The van der Waals surface area contributed by atoms with Gasteiger partial charge in [-0.2, -0.15) is 0 Å². The molecule has 0 unspecified atom stereocenters. The number of carbonyl (C=O) groups excluding carboxylic acids is 1. The van der Waals surface area contributed by atoms with E-state index in [4.69, 9.17) is 13.9 Å². The lowest BCUT2D eigenvalue weighted by atomic mass is 10.1. The van der Waals surface area contributed by atoms with Crippen LogP contribution < -0.4 is 14.8 Å². The fourth-order valence-electron chi connectivity index (χ4n) is 2.01. The number of hydrogen-bond acceptors (Lipinski definition) is 7. The number of nitrogens with one attached hydrogen (secondary N) is 1. The van der Waals surface area contributed by atoms with Crippen LogP contribution in [-0.4, -0.2) is 30.3 Å². The Morgan fingerprint density at radius 2 is 1.87 bits per heavy atom. The van der Waals surface area contributed by atoms with Crippen LogP contribution in [0.5, 0.6) is 11.5 Å². The molecular weight excluding hydrogens is 318 g/mol. The van der Waals surface area contributed by atoms with Gasteiger partial charge in [0.15, 0.2) is 0 Å². The molecule has 0 fully saturated rings. The van der Waals surface area contributed by atoms with Crippen molar-refractivity contribution >= 4 is 23.3 Å². The summed E-state index contributed by atoms with van der Waals surface area (Å²) in [5.41, 5.74) is 0.258. The maximum Gasteiger partial charge on any atom is 0.322 e. The Kier molecular flexibility index (Phi) is 4.24. The molecule has 2 aromatic heterocycles. The Morgan fingerprint density at radius 1 is 1.13 bits per heavy atom. The molecule has 0 aliphatic rings. The molecule has 0 radical (unpaired) electrons. The average molecular weight is 331 g/mol. The van der Waals surface area contributed by atoms with Crippen molar-refractivity contribution in [2.24, 2.45) is 0 Å². The molecular formula is C15H13N3O4S. The third-order valence-electron chi connectivity index (χ3n) is 3.03. The molecule has 23 heavy (non-hydrogen) atoms. The van der Waals surface area contributed by atoms with Crippen LogP contribution in [0.4, 0.5) is 6.01 Å². The molecule has 2 heterocycles. The Balaban J connectivity index is 1.85. The molecule has 118 valence electrons. The summed E-state index contributed by atoms with van der Waals surface area (Å²) in [5, 5.41) is 12.2. The molecule has 0 saturated carbocycles. The zero-order valence-electron chi connectivity index (χ0n) is 12.4. The quantitative estimate of drug-likeness (QED) is 0.773. The number of carbonyl (C=O) groups is 1. The van der Waals surface area contributed by atoms with E-state index in [0.29, 0.717) is 17.4 Å². The number of benzene rings is 1. The number of hydrogen-bond donors (Lipinski definition) is 1. The monoisotopic (exact) mass is 331 g/mol. The first-order valence-electron chi connectivity index (χ1n) is 6.62. The van der Waals surface area contributed by atoms with E-state index in [0.717, 1.165) is 4.88 Å². The van der Waals surface area contributed by atoms with E-state index in [1.54, 1.807) is 18.2 Å². The number of methoxy groups -OCH3 is 2. The van der Waals surface area contributed by atoms with Crippen LogP contribution in [0.2, 0.25) is 0 Å². The molecule has 1 amide bonds. The van der Waals surface area contributed by atoms with Crippen LogP contribution in [0.3, 0.4) is 0 Å². The van der Waals surface area contributed by atoms with Crippen LogP contribution in [0, 0.1) is 0 Å². The molecule has 1 N–H and O–H groups in total. The standard InChI is InChI=1S/C15H13N3O4S/c1-20-9-5-3-6-10(21-2)12(9)13(19)16-15-18-17-14(22-15)11-7-4-8-23-11/h3-8H,1-2H3,(H,16,18,19). The van der Waals surface area contributed by atoms with E-state index in [1.165, 1.54) is 25.6 Å². The smallest absolute Gasteiger partial charge is 0.322 e. The van der Waals surface area contributed by atoms with Crippen molar-refractivity contribution in [3.05, 3.63) is 41.3 Å². The molecule has 0 bridgehead atoms. The average Bonchev–Trinajstić information content (AvgIpc) is 3.25. The number of ether oxygens (including phenoxy) is 2. The predicted octanol–water partition coefficient (Wildman–Crippen LogP) is 3.07. The van der Waals surface area contributed by atoms with Gasteiger partial charge in [0.1, 0.15) is 17.1 Å². The number of nitrogens with zero attached hydrogens (tertiary/aromatic N) is 2. The Hall–Kier alpha value is -2.87. The number of thiophene rings is 1. The van der Waals surface area contributed by atoms with Crippen LogP contribution in [0.1, 0.15) is 10.4 Å². The van der Waals surface area contributed by atoms with Gasteiger partial charge in [0, 0.05) is 0 Å². The van der Waals surface area contributed by atoms with E-state index < -0.39 is 5.91 Å². The van der Waals surface area contributed by atoms with Gasteiger partial charge in [-0.05, 0) is 23.6 Å². The second-order valence-corrected chi connectivity index (χ2v) is 5.33. The van der Waals surface area contributed by atoms with Crippen LogP contribution in [-0.2, 0) is 0 Å². The lowest BCUT2D eigenvalue weighted by Gasteiger charge is -2.11. The van der Waals surface area contributed by atoms with Gasteiger partial charge in [0.05, 0.1) is 19.1 Å². The van der Waals surface area contributed by atoms with Crippen molar-refractivity contribution in [3.8, 4) is 22.3 Å². The fourth-order valence-corrected chi connectivity index (χ4v) is 2.65. The Labute approximate surface area is 135 Å². The maximum absolute atomic E-state index is 12.5. The van der Waals surface area contributed by atoms with Crippen molar-refractivity contribution in [1.82, 2.24) is 10.2 Å². The largest absolute Gasteiger partial charge is 0.496 e. The molecule has 0 spiro atoms. The zero-order chi connectivity index (χ0) is 16.2. The Morgan fingerprint density at radius 3 is 2.48 bits per heavy atom. The third-order valence-corrected chi connectivity index (χ3v) is 3.89. The number of rotatable bonds is 5. The lowest BCUT2D eigenvalue weighted by Crippen LogP contribution is -2.14. The van der Waals surface area contributed by atoms with Gasteiger partial charge < -0.3 is 13.9 Å². The van der Waals surface area contributed by atoms with Gasteiger partial charge >= 0.3 is 6.01 Å². The molecule has 0 atom stereocenters. The SMILES string of the molecule is COc1cccc(OC)c1C(=O)Nc1nnc(-c2cccs2)o1. The van der Waals surface area contributed by atoms with Crippen molar-refractivity contribution in [1.29, 1.82) is 0 Å². The first kappa shape index (κ1) is 15.0. The summed E-state index contributed by atoms with van der Waals surface area (Å²) < 4.78 is 15.9. The van der Waals surface area contributed by atoms with Gasteiger partial charge in [-0.1, -0.05) is 17.2 Å². The summed E-state index contributed by atoms with van der Waals surface area (Å²) in [7, 11) is 2.96. The molecule has 0 aliphatic carbocycles. The summed E-state index contributed by atoms with van der Waals surface area (Å²) in [6, 6.07) is 8.81. The number of aromatic nitrogens is 2. The van der Waals surface area contributed by atoms with E-state index in [2.05, 4.69) is 15.5 Å². The summed E-state index contributed by atoms with van der Waals surface area (Å²) in [6.45, 7) is 0. The van der Waals surface area contributed by atoms with Crippen molar-refractivity contribution in [2.75, 3.05) is 19.5 Å². The molecule has 3 aromatic rings. The maximum atomic E-state index is 12.5. The minimum atomic E-state index is -0.458. The van der Waals surface area contributed by atoms with E-state index >= 15 is 0 Å². The predicted molar refractivity (Wildman–Crippen MR) is 85.1 cm³/mol. The topological polar surface area (TPSA) is 86.5 Å². The molecule has 1 aromatic carbocycles. The second-order valence-electron chi connectivity index (χ2n) is 4.38. The van der Waals surface area contributed by atoms with Crippen LogP contribution >= 0.6 is 11.3 Å². The highest BCUT2D eigenvalue weighted by Gasteiger charge is 2.20. The first-order valence-corrected chi connectivity index (χ1v) is 7.50. The molecule has 0 saturated heterocycles. The van der Waals surface area contributed by atoms with Crippen molar-refractivity contribution in [3.63, 3.8) is 0 Å². The van der Waals surface area contributed by atoms with Gasteiger partial charge in [0.25, 0.3) is 11.8 Å².